The fourth-order valence-corrected chi connectivity index (χ4v) is 2.77. The molecule has 2 aromatic carbocycles. The molecule has 3 rings (SSSR count). The minimum absolute atomic E-state index is 0.00444. The standard InChI is InChI=1S/C16H13FN2O3S/c1-10-19-15(12-3-2-4-13(17)9-12)16(22-10)11-5-7-14(8-6-11)23(18,20)21/h2-9H,1H3,(H2,18,20,21). The lowest BCUT2D eigenvalue weighted by atomic mass is 10.1. The molecule has 0 saturated carbocycles. The van der Waals surface area contributed by atoms with Crippen LogP contribution in [0.3, 0.4) is 0 Å². The summed E-state index contributed by atoms with van der Waals surface area (Å²) in [6.45, 7) is 1.69. The molecule has 23 heavy (non-hydrogen) atoms. The molecule has 1 aromatic heterocycles. The molecule has 0 aliphatic rings. The number of aryl methyl sites for hydroxylation is 1. The third-order valence-electron chi connectivity index (χ3n) is 3.28. The van der Waals surface area contributed by atoms with Gasteiger partial charge in [-0.15, -0.1) is 0 Å². The Bertz CT molecular complexity index is 963. The van der Waals surface area contributed by atoms with Gasteiger partial charge in [0.15, 0.2) is 11.7 Å². The largest absolute Gasteiger partial charge is 0.440 e. The van der Waals surface area contributed by atoms with Crippen LogP contribution in [0.5, 0.6) is 0 Å². The summed E-state index contributed by atoms with van der Waals surface area (Å²) in [4.78, 5) is 4.30. The number of rotatable bonds is 3. The third-order valence-corrected chi connectivity index (χ3v) is 4.21. The van der Waals surface area contributed by atoms with Gasteiger partial charge in [0.1, 0.15) is 11.5 Å². The van der Waals surface area contributed by atoms with Gasteiger partial charge in [0.2, 0.25) is 10.0 Å². The number of sulfonamides is 1. The Morgan fingerprint density at radius 3 is 2.39 bits per heavy atom. The van der Waals surface area contributed by atoms with Gasteiger partial charge in [-0.25, -0.2) is 22.9 Å². The lowest BCUT2D eigenvalue weighted by Crippen LogP contribution is -2.11. The van der Waals surface area contributed by atoms with E-state index in [1.807, 2.05) is 0 Å². The quantitative estimate of drug-likeness (QED) is 0.798. The highest BCUT2D eigenvalue weighted by molar-refractivity contribution is 7.89. The van der Waals surface area contributed by atoms with Crippen molar-refractivity contribution in [2.24, 2.45) is 5.14 Å². The Morgan fingerprint density at radius 2 is 1.78 bits per heavy atom. The van der Waals surface area contributed by atoms with Gasteiger partial charge in [0, 0.05) is 18.1 Å². The van der Waals surface area contributed by atoms with Crippen molar-refractivity contribution >= 4 is 10.0 Å². The molecule has 2 N–H and O–H groups in total. The second kappa shape index (κ2) is 5.60. The molecule has 7 heteroatoms. The molecule has 0 aliphatic carbocycles. The molecule has 1 heterocycles. The van der Waals surface area contributed by atoms with Gasteiger partial charge in [-0.2, -0.15) is 0 Å². The average molecular weight is 332 g/mol. The zero-order chi connectivity index (χ0) is 16.6. The van der Waals surface area contributed by atoms with E-state index in [2.05, 4.69) is 4.98 Å². The maximum atomic E-state index is 13.4. The molecule has 0 unspecified atom stereocenters. The van der Waals surface area contributed by atoms with Gasteiger partial charge in [0.05, 0.1) is 4.90 Å². The highest BCUT2D eigenvalue weighted by Gasteiger charge is 2.16. The molecule has 0 fully saturated rings. The minimum atomic E-state index is -3.76. The van der Waals surface area contributed by atoms with Crippen molar-refractivity contribution in [3.05, 3.63) is 60.2 Å². The number of nitrogens with two attached hydrogens (primary N) is 1. The topological polar surface area (TPSA) is 86.2 Å². The molecule has 0 saturated heterocycles. The fraction of sp³-hybridized carbons (Fsp3) is 0.0625. The van der Waals surface area contributed by atoms with Crippen LogP contribution in [-0.2, 0) is 10.0 Å². The first-order valence-corrected chi connectivity index (χ1v) is 8.26. The summed E-state index contributed by atoms with van der Waals surface area (Å²) in [5.41, 5.74) is 1.69. The summed E-state index contributed by atoms with van der Waals surface area (Å²) < 4.78 is 41.7. The first-order valence-electron chi connectivity index (χ1n) is 6.71. The number of primary sulfonamides is 1. The molecule has 0 aliphatic heterocycles. The summed E-state index contributed by atoms with van der Waals surface area (Å²) in [6, 6.07) is 11.9. The van der Waals surface area contributed by atoms with Crippen LogP contribution in [-0.4, -0.2) is 13.4 Å². The summed E-state index contributed by atoms with van der Waals surface area (Å²) in [7, 11) is -3.76. The second-order valence-electron chi connectivity index (χ2n) is 4.99. The van der Waals surface area contributed by atoms with E-state index in [0.29, 0.717) is 28.5 Å². The predicted octanol–water partition coefficient (Wildman–Crippen LogP) is 3.10. The highest BCUT2D eigenvalue weighted by Crippen LogP contribution is 2.33. The van der Waals surface area contributed by atoms with Crippen LogP contribution < -0.4 is 5.14 Å². The maximum absolute atomic E-state index is 13.4. The van der Waals surface area contributed by atoms with Crippen molar-refractivity contribution in [1.82, 2.24) is 4.98 Å². The van der Waals surface area contributed by atoms with E-state index in [-0.39, 0.29) is 10.7 Å². The number of benzene rings is 2. The molecular formula is C16H13FN2O3S. The van der Waals surface area contributed by atoms with Crippen LogP contribution in [0.1, 0.15) is 5.89 Å². The van der Waals surface area contributed by atoms with E-state index in [9.17, 15) is 12.8 Å². The van der Waals surface area contributed by atoms with Gasteiger partial charge >= 0.3 is 0 Å². The van der Waals surface area contributed by atoms with Gasteiger partial charge in [-0.3, -0.25) is 0 Å². The molecule has 0 amide bonds. The lowest BCUT2D eigenvalue weighted by Gasteiger charge is -2.03. The Hall–Kier alpha value is -2.51. The fourth-order valence-electron chi connectivity index (χ4n) is 2.25. The van der Waals surface area contributed by atoms with E-state index in [4.69, 9.17) is 9.56 Å². The van der Waals surface area contributed by atoms with E-state index in [1.165, 1.54) is 24.3 Å². The molecule has 118 valence electrons. The maximum Gasteiger partial charge on any atom is 0.238 e. The van der Waals surface area contributed by atoms with Crippen LogP contribution in [0.4, 0.5) is 4.39 Å². The van der Waals surface area contributed by atoms with Crippen molar-refractivity contribution in [1.29, 1.82) is 0 Å². The van der Waals surface area contributed by atoms with E-state index < -0.39 is 10.0 Å². The molecule has 0 bridgehead atoms. The monoisotopic (exact) mass is 332 g/mol. The van der Waals surface area contributed by atoms with Gasteiger partial charge in [0.25, 0.3) is 0 Å². The third kappa shape index (κ3) is 3.15. The number of aromatic nitrogens is 1. The lowest BCUT2D eigenvalue weighted by molar-refractivity contribution is 0.534. The predicted molar refractivity (Wildman–Crippen MR) is 83.4 cm³/mol. The minimum Gasteiger partial charge on any atom is -0.440 e. The molecule has 0 radical (unpaired) electrons. The molecular weight excluding hydrogens is 319 g/mol. The normalized spacial score (nSPS) is 11.6. The van der Waals surface area contributed by atoms with E-state index >= 15 is 0 Å². The van der Waals surface area contributed by atoms with Crippen LogP contribution in [0, 0.1) is 12.7 Å². The SMILES string of the molecule is Cc1nc(-c2cccc(F)c2)c(-c2ccc(S(N)(=O)=O)cc2)o1. The van der Waals surface area contributed by atoms with Crippen molar-refractivity contribution in [3.8, 4) is 22.6 Å². The zero-order valence-electron chi connectivity index (χ0n) is 12.2. The van der Waals surface area contributed by atoms with Gasteiger partial charge < -0.3 is 4.42 Å². The van der Waals surface area contributed by atoms with Gasteiger partial charge in [-0.05, 0) is 36.4 Å². The summed E-state index contributed by atoms with van der Waals surface area (Å²) >= 11 is 0. The number of hydrogen-bond acceptors (Lipinski definition) is 4. The number of oxazole rings is 1. The van der Waals surface area contributed by atoms with Crippen molar-refractivity contribution in [3.63, 3.8) is 0 Å². The number of halogens is 1. The Labute approximate surface area is 132 Å². The van der Waals surface area contributed by atoms with Crippen LogP contribution in [0.25, 0.3) is 22.6 Å². The highest BCUT2D eigenvalue weighted by atomic mass is 32.2. The summed E-state index contributed by atoms with van der Waals surface area (Å²) in [6.07, 6.45) is 0. The van der Waals surface area contributed by atoms with Crippen molar-refractivity contribution in [2.45, 2.75) is 11.8 Å². The Kier molecular flexibility index (Phi) is 3.75. The Morgan fingerprint density at radius 1 is 1.09 bits per heavy atom. The van der Waals surface area contributed by atoms with E-state index in [0.717, 1.165) is 0 Å². The molecule has 5 nitrogen and oxygen atoms in total. The zero-order valence-corrected chi connectivity index (χ0v) is 13.0. The van der Waals surface area contributed by atoms with Crippen molar-refractivity contribution in [2.75, 3.05) is 0 Å². The van der Waals surface area contributed by atoms with Gasteiger partial charge in [-0.1, -0.05) is 12.1 Å². The summed E-state index contributed by atoms with van der Waals surface area (Å²) in [5, 5.41) is 5.08. The molecule has 0 atom stereocenters. The second-order valence-corrected chi connectivity index (χ2v) is 6.55. The molecule has 3 aromatic rings. The van der Waals surface area contributed by atoms with Crippen LogP contribution >= 0.6 is 0 Å². The first-order chi connectivity index (χ1) is 10.8. The van der Waals surface area contributed by atoms with E-state index in [1.54, 1.807) is 31.2 Å². The smallest absolute Gasteiger partial charge is 0.238 e. The average Bonchev–Trinajstić information content (AvgIpc) is 2.88. The number of hydrogen-bond donors (Lipinski definition) is 1. The van der Waals surface area contributed by atoms with Crippen LogP contribution in [0.2, 0.25) is 0 Å². The van der Waals surface area contributed by atoms with Crippen molar-refractivity contribution < 1.29 is 17.2 Å². The van der Waals surface area contributed by atoms with Crippen LogP contribution in [0.15, 0.2) is 57.8 Å². The first kappa shape index (κ1) is 15.4. The Balaban J connectivity index is 2.11. The summed E-state index contributed by atoms with van der Waals surface area (Å²) in [5.74, 6) is 0.488. The number of nitrogens with zero attached hydrogens (tertiary/aromatic N) is 1. The molecule has 0 spiro atoms.